The lowest BCUT2D eigenvalue weighted by molar-refractivity contribution is -0.00697. The van der Waals surface area contributed by atoms with E-state index in [1.165, 1.54) is 0 Å². The maximum atomic E-state index is 12.5. The first kappa shape index (κ1) is 16.4. The Kier molecular flexibility index (Phi) is 4.28. The fourth-order valence-electron chi connectivity index (χ4n) is 3.10. The Morgan fingerprint density at radius 1 is 1.42 bits per heavy atom. The molecule has 2 aromatic rings. The van der Waals surface area contributed by atoms with Gasteiger partial charge in [0.15, 0.2) is 11.1 Å². The third kappa shape index (κ3) is 2.87. The largest absolute Gasteiger partial charge is 0.369 e. The van der Waals surface area contributed by atoms with E-state index < -0.39 is 0 Å². The smallest absolute Gasteiger partial charge is 0.272 e. The van der Waals surface area contributed by atoms with Crippen LogP contribution in [0.15, 0.2) is 11.0 Å². The number of carbonyl (C=O) groups excluding carboxylic acids is 1. The highest BCUT2D eigenvalue weighted by atomic mass is 16.5. The first-order valence-corrected chi connectivity index (χ1v) is 8.07. The summed E-state index contributed by atoms with van der Waals surface area (Å²) in [4.78, 5) is 27.5. The topological polar surface area (TPSA) is 99.9 Å². The summed E-state index contributed by atoms with van der Waals surface area (Å²) >= 11 is 0. The Labute approximate surface area is 139 Å². The molecule has 0 fully saturated rings. The Bertz CT molecular complexity index is 837. The van der Waals surface area contributed by atoms with E-state index in [9.17, 15) is 9.59 Å². The zero-order chi connectivity index (χ0) is 17.4. The van der Waals surface area contributed by atoms with Gasteiger partial charge in [-0.1, -0.05) is 0 Å². The fourth-order valence-corrected chi connectivity index (χ4v) is 3.10. The van der Waals surface area contributed by atoms with E-state index in [-0.39, 0.29) is 30.1 Å². The lowest BCUT2D eigenvalue weighted by atomic mass is 9.99. The highest BCUT2D eigenvalue weighted by Gasteiger charge is 2.29. The second-order valence-corrected chi connectivity index (χ2v) is 6.34. The molecule has 0 saturated carbocycles. The van der Waals surface area contributed by atoms with Crippen molar-refractivity contribution < 1.29 is 9.53 Å². The van der Waals surface area contributed by atoms with Crippen LogP contribution in [-0.2, 0) is 17.7 Å². The van der Waals surface area contributed by atoms with Crippen molar-refractivity contribution in [1.29, 1.82) is 0 Å². The van der Waals surface area contributed by atoms with Crippen LogP contribution in [-0.4, -0.2) is 27.2 Å². The van der Waals surface area contributed by atoms with Crippen molar-refractivity contribution in [2.24, 2.45) is 0 Å². The minimum absolute atomic E-state index is 0.00468. The first-order valence-electron chi connectivity index (χ1n) is 8.07. The van der Waals surface area contributed by atoms with Gasteiger partial charge in [0.05, 0.1) is 24.4 Å². The number of hydrogen-bond donors (Lipinski definition) is 3. The van der Waals surface area contributed by atoms with Gasteiger partial charge < -0.3 is 15.0 Å². The molecule has 1 amide bonds. The summed E-state index contributed by atoms with van der Waals surface area (Å²) in [6, 6.07) is 0. The summed E-state index contributed by atoms with van der Waals surface area (Å²) in [5, 5.41) is 9.91. The third-order valence-electron chi connectivity index (χ3n) is 4.49. The van der Waals surface area contributed by atoms with Crippen LogP contribution in [0.25, 0.3) is 0 Å². The van der Waals surface area contributed by atoms with E-state index >= 15 is 0 Å². The molecule has 0 aliphatic carbocycles. The number of nitrogens with zero attached hydrogens (tertiary/aromatic N) is 1. The number of nitrogens with one attached hydrogen (secondary N) is 3. The number of aromatic amines is 2. The number of H-pyrrole nitrogens is 2. The molecule has 3 N–H and O–H groups in total. The minimum atomic E-state index is -0.255. The number of carbonyl (C=O) groups is 1. The molecule has 7 nitrogen and oxygen atoms in total. The van der Waals surface area contributed by atoms with Crippen LogP contribution in [0.4, 0.5) is 0 Å². The number of ether oxygens (including phenoxy) is 1. The Morgan fingerprint density at radius 3 is 2.92 bits per heavy atom. The number of hydrogen-bond acceptors (Lipinski definition) is 4. The number of pyridine rings is 1. The monoisotopic (exact) mass is 330 g/mol. The molecule has 24 heavy (non-hydrogen) atoms. The van der Waals surface area contributed by atoms with E-state index in [4.69, 9.17) is 4.74 Å². The van der Waals surface area contributed by atoms with E-state index in [2.05, 4.69) is 20.5 Å². The predicted octanol–water partition coefficient (Wildman–Crippen LogP) is 1.67. The van der Waals surface area contributed by atoms with Crippen molar-refractivity contribution >= 4 is 5.91 Å². The van der Waals surface area contributed by atoms with E-state index in [0.29, 0.717) is 28.9 Å². The summed E-state index contributed by atoms with van der Waals surface area (Å²) in [5.74, 6) is -0.255. The standard InChI is InChI=1S/C17H22N4O3/c1-8-6-18-13(10(3)16(8)22)7-19-17(23)15-12-5-9(2)24-11(4)14(12)20-21-15/h6,9,11H,5,7H2,1-4H3,(H,18,22)(H,19,23)(H,20,21)/t9-,11+/m1/s1. The average molecular weight is 330 g/mol. The molecule has 3 rings (SSSR count). The summed E-state index contributed by atoms with van der Waals surface area (Å²) in [7, 11) is 0. The van der Waals surface area contributed by atoms with Crippen molar-refractivity contribution in [3.05, 3.63) is 50.2 Å². The van der Waals surface area contributed by atoms with Gasteiger partial charge in [-0.15, -0.1) is 0 Å². The molecule has 1 aliphatic rings. The normalized spacial score (nSPS) is 19.8. The number of aromatic nitrogens is 3. The highest BCUT2D eigenvalue weighted by Crippen LogP contribution is 2.30. The maximum absolute atomic E-state index is 12.5. The molecule has 2 aromatic heterocycles. The van der Waals surface area contributed by atoms with E-state index in [1.807, 2.05) is 13.8 Å². The molecule has 128 valence electrons. The second kappa shape index (κ2) is 6.24. The van der Waals surface area contributed by atoms with Crippen LogP contribution >= 0.6 is 0 Å². The van der Waals surface area contributed by atoms with Gasteiger partial charge >= 0.3 is 0 Å². The van der Waals surface area contributed by atoms with Gasteiger partial charge in [-0.25, -0.2) is 0 Å². The third-order valence-corrected chi connectivity index (χ3v) is 4.49. The van der Waals surface area contributed by atoms with Crippen molar-refractivity contribution in [3.63, 3.8) is 0 Å². The molecule has 7 heteroatoms. The van der Waals surface area contributed by atoms with Gasteiger partial charge in [-0.2, -0.15) is 5.10 Å². The van der Waals surface area contributed by atoms with Gasteiger partial charge in [-0.3, -0.25) is 14.7 Å². The Balaban J connectivity index is 1.78. The number of fused-ring (bicyclic) bond motifs is 1. The molecular weight excluding hydrogens is 308 g/mol. The summed E-state index contributed by atoms with van der Waals surface area (Å²) in [5.41, 5.74) is 4.15. The van der Waals surface area contributed by atoms with Crippen molar-refractivity contribution in [1.82, 2.24) is 20.5 Å². The number of aryl methyl sites for hydroxylation is 1. The van der Waals surface area contributed by atoms with Gasteiger partial charge in [0.25, 0.3) is 5.91 Å². The molecule has 0 bridgehead atoms. The molecule has 0 saturated heterocycles. The van der Waals surface area contributed by atoms with Crippen LogP contribution < -0.4 is 10.7 Å². The van der Waals surface area contributed by atoms with Crippen LogP contribution in [0, 0.1) is 13.8 Å². The molecule has 0 spiro atoms. The van der Waals surface area contributed by atoms with Crippen molar-refractivity contribution in [3.8, 4) is 0 Å². The zero-order valence-electron chi connectivity index (χ0n) is 14.3. The summed E-state index contributed by atoms with van der Waals surface area (Å²) in [6.07, 6.45) is 2.26. The van der Waals surface area contributed by atoms with Crippen LogP contribution in [0.1, 0.15) is 58.5 Å². The molecule has 3 heterocycles. The molecule has 0 unspecified atom stereocenters. The van der Waals surface area contributed by atoms with Gasteiger partial charge in [0, 0.05) is 35.0 Å². The Morgan fingerprint density at radius 2 is 2.17 bits per heavy atom. The van der Waals surface area contributed by atoms with Crippen LogP contribution in [0.5, 0.6) is 0 Å². The SMILES string of the molecule is Cc1c[nH]c(CNC(=O)c2n[nH]c3c2C[C@@H](C)O[C@H]3C)c(C)c1=O. The molecule has 0 aromatic carbocycles. The second-order valence-electron chi connectivity index (χ2n) is 6.34. The van der Waals surface area contributed by atoms with Gasteiger partial charge in [-0.05, 0) is 27.7 Å². The number of rotatable bonds is 3. The van der Waals surface area contributed by atoms with E-state index in [0.717, 1.165) is 11.3 Å². The molecule has 0 radical (unpaired) electrons. The molecule has 2 atom stereocenters. The molecular formula is C17H22N4O3. The van der Waals surface area contributed by atoms with Gasteiger partial charge in [0.2, 0.25) is 0 Å². The van der Waals surface area contributed by atoms with Crippen molar-refractivity contribution in [2.45, 2.75) is 52.9 Å². The zero-order valence-corrected chi connectivity index (χ0v) is 14.3. The van der Waals surface area contributed by atoms with Crippen molar-refractivity contribution in [2.75, 3.05) is 0 Å². The lowest BCUT2D eigenvalue weighted by Crippen LogP contribution is -2.28. The van der Waals surface area contributed by atoms with Crippen LogP contribution in [0.2, 0.25) is 0 Å². The maximum Gasteiger partial charge on any atom is 0.272 e. The number of amides is 1. The average Bonchev–Trinajstić information content (AvgIpc) is 2.96. The van der Waals surface area contributed by atoms with E-state index in [1.54, 1.807) is 20.0 Å². The minimum Gasteiger partial charge on any atom is -0.369 e. The molecule has 1 aliphatic heterocycles. The van der Waals surface area contributed by atoms with Gasteiger partial charge in [0.1, 0.15) is 0 Å². The highest BCUT2D eigenvalue weighted by molar-refractivity contribution is 5.94. The summed E-state index contributed by atoms with van der Waals surface area (Å²) < 4.78 is 5.73. The Hall–Kier alpha value is -2.41. The van der Waals surface area contributed by atoms with Crippen LogP contribution in [0.3, 0.4) is 0 Å². The lowest BCUT2D eigenvalue weighted by Gasteiger charge is -2.25. The first-order chi connectivity index (χ1) is 11.4. The quantitative estimate of drug-likeness (QED) is 0.797. The summed E-state index contributed by atoms with van der Waals surface area (Å²) in [6.45, 7) is 7.69. The fraction of sp³-hybridized carbons (Fsp3) is 0.471. The predicted molar refractivity (Wildman–Crippen MR) is 89.0 cm³/mol.